The summed E-state index contributed by atoms with van der Waals surface area (Å²) in [6.07, 6.45) is 6.25. The van der Waals surface area contributed by atoms with Gasteiger partial charge >= 0.3 is 5.97 Å². The van der Waals surface area contributed by atoms with Crippen molar-refractivity contribution in [3.63, 3.8) is 0 Å². The fraction of sp³-hybridized carbons (Fsp3) is 0.414. The fourth-order valence-electron chi connectivity index (χ4n) is 4.71. The summed E-state index contributed by atoms with van der Waals surface area (Å²) in [5.41, 5.74) is 1.60. The monoisotopic (exact) mass is 600 g/mol. The highest BCUT2D eigenvalue weighted by Gasteiger charge is 2.41. The third kappa shape index (κ3) is 6.80. The zero-order valence-electron chi connectivity index (χ0n) is 21.9. The predicted molar refractivity (Wildman–Crippen MR) is 155 cm³/mol. The molecule has 1 heterocycles. The minimum absolute atomic E-state index is 0.0276. The maximum Gasteiger partial charge on any atom is 0.344 e. The summed E-state index contributed by atoms with van der Waals surface area (Å²) in [6, 6.07) is 13.5. The molecule has 2 aromatic rings. The lowest BCUT2D eigenvalue weighted by atomic mass is 9.85. The highest BCUT2D eigenvalue weighted by molar-refractivity contribution is 9.10. The second-order valence-electron chi connectivity index (χ2n) is 9.20. The van der Waals surface area contributed by atoms with Crippen molar-refractivity contribution in [2.45, 2.75) is 52.5 Å². The van der Waals surface area contributed by atoms with E-state index in [9.17, 15) is 9.59 Å². The Hall–Kier alpha value is -2.78. The van der Waals surface area contributed by atoms with E-state index in [-0.39, 0.29) is 25.2 Å². The summed E-state index contributed by atoms with van der Waals surface area (Å²) in [6.45, 7) is 6.32. The average molecular weight is 602 g/mol. The van der Waals surface area contributed by atoms with Crippen LogP contribution in [0.25, 0.3) is 6.08 Å². The van der Waals surface area contributed by atoms with Crippen LogP contribution >= 0.6 is 27.7 Å². The molecule has 0 bridgehead atoms. The molecule has 0 spiro atoms. The largest absolute Gasteiger partial charge is 0.490 e. The van der Waals surface area contributed by atoms with Crippen molar-refractivity contribution in [1.29, 1.82) is 0 Å². The number of benzene rings is 2. The Labute approximate surface area is 236 Å². The molecular weight excluding hydrogens is 568 g/mol. The first kappa shape index (κ1) is 28.2. The van der Waals surface area contributed by atoms with E-state index in [2.05, 4.69) is 22.9 Å². The lowest BCUT2D eigenvalue weighted by Gasteiger charge is -2.35. The standard InChI is InChI=1S/C29H33BrN2O5S/c1-4-35-24-16-20(15-22(30)27(24)37-18-26(33)36-5-2)17-25-28(34)32(23-14-10-9-11-19(23)3)29(38-25)31-21-12-7-6-8-13-21/h6-8,12-13,15-17,19,23H,4-5,9-11,14,18H2,1-3H3/b25-17-,31-29?/t19-,23-/m1/s1. The minimum Gasteiger partial charge on any atom is -0.490 e. The molecule has 2 atom stereocenters. The van der Waals surface area contributed by atoms with Crippen molar-refractivity contribution >= 4 is 56.5 Å². The van der Waals surface area contributed by atoms with Gasteiger partial charge in [0.05, 0.1) is 28.3 Å². The van der Waals surface area contributed by atoms with Crippen LogP contribution in [0.4, 0.5) is 5.69 Å². The van der Waals surface area contributed by atoms with Gasteiger partial charge in [-0.05, 0) is 96.2 Å². The number of carbonyl (C=O) groups excluding carboxylic acids is 2. The topological polar surface area (TPSA) is 77.4 Å². The summed E-state index contributed by atoms with van der Waals surface area (Å²) < 4.78 is 17.1. The van der Waals surface area contributed by atoms with Crippen LogP contribution in [-0.4, -0.2) is 47.8 Å². The van der Waals surface area contributed by atoms with Crippen LogP contribution in [-0.2, 0) is 14.3 Å². The number of nitrogens with zero attached hydrogens (tertiary/aromatic N) is 2. The molecule has 38 heavy (non-hydrogen) atoms. The molecule has 2 aliphatic rings. The van der Waals surface area contributed by atoms with Gasteiger partial charge in [0.25, 0.3) is 5.91 Å². The van der Waals surface area contributed by atoms with Crippen LogP contribution in [0.1, 0.15) is 52.0 Å². The zero-order valence-corrected chi connectivity index (χ0v) is 24.3. The summed E-state index contributed by atoms with van der Waals surface area (Å²) in [5, 5.41) is 0.713. The second-order valence-corrected chi connectivity index (χ2v) is 11.1. The molecule has 202 valence electrons. The van der Waals surface area contributed by atoms with E-state index in [1.807, 2.05) is 60.4 Å². The van der Waals surface area contributed by atoms with E-state index in [0.717, 1.165) is 30.5 Å². The van der Waals surface area contributed by atoms with E-state index < -0.39 is 5.97 Å². The normalized spacial score (nSPS) is 21.7. The lowest BCUT2D eigenvalue weighted by Crippen LogP contribution is -2.44. The molecular formula is C29H33BrN2O5S. The van der Waals surface area contributed by atoms with Crippen LogP contribution in [0, 0.1) is 5.92 Å². The van der Waals surface area contributed by atoms with E-state index in [4.69, 9.17) is 19.2 Å². The Morgan fingerprint density at radius 2 is 1.89 bits per heavy atom. The number of amidine groups is 1. The van der Waals surface area contributed by atoms with E-state index >= 15 is 0 Å². The van der Waals surface area contributed by atoms with Gasteiger partial charge in [0.2, 0.25) is 0 Å². The molecule has 1 saturated carbocycles. The molecule has 7 nitrogen and oxygen atoms in total. The molecule has 0 radical (unpaired) electrons. The summed E-state index contributed by atoms with van der Waals surface area (Å²) in [5.74, 6) is 0.812. The Kier molecular flexibility index (Phi) is 9.91. The number of esters is 1. The van der Waals surface area contributed by atoms with E-state index in [1.54, 1.807) is 6.92 Å². The number of carbonyl (C=O) groups is 2. The molecule has 2 aromatic carbocycles. The van der Waals surface area contributed by atoms with Gasteiger partial charge in [-0.15, -0.1) is 0 Å². The lowest BCUT2D eigenvalue weighted by molar-refractivity contribution is -0.145. The highest BCUT2D eigenvalue weighted by atomic mass is 79.9. The van der Waals surface area contributed by atoms with Crippen molar-refractivity contribution in [3.8, 4) is 11.5 Å². The molecule has 9 heteroatoms. The second kappa shape index (κ2) is 13.3. The zero-order chi connectivity index (χ0) is 27.1. The van der Waals surface area contributed by atoms with Gasteiger partial charge in [-0.1, -0.05) is 38.0 Å². The van der Waals surface area contributed by atoms with Gasteiger partial charge in [-0.25, -0.2) is 9.79 Å². The number of hydrogen-bond acceptors (Lipinski definition) is 7. The number of thioether (sulfide) groups is 1. The Morgan fingerprint density at radius 3 is 2.61 bits per heavy atom. The molecule has 1 aliphatic carbocycles. The third-order valence-electron chi connectivity index (χ3n) is 6.48. The molecule has 1 saturated heterocycles. The van der Waals surface area contributed by atoms with Crippen LogP contribution in [0.5, 0.6) is 11.5 Å². The van der Waals surface area contributed by atoms with Gasteiger partial charge in [0, 0.05) is 6.04 Å². The van der Waals surface area contributed by atoms with Crippen molar-refractivity contribution in [2.75, 3.05) is 19.8 Å². The summed E-state index contributed by atoms with van der Waals surface area (Å²) >= 11 is 4.95. The van der Waals surface area contributed by atoms with Gasteiger partial charge < -0.3 is 14.2 Å². The van der Waals surface area contributed by atoms with Crippen molar-refractivity contribution in [1.82, 2.24) is 4.90 Å². The molecule has 4 rings (SSSR count). The fourth-order valence-corrected chi connectivity index (χ4v) is 6.33. The van der Waals surface area contributed by atoms with Crippen molar-refractivity contribution < 1.29 is 23.8 Å². The van der Waals surface area contributed by atoms with Crippen LogP contribution < -0.4 is 9.47 Å². The maximum atomic E-state index is 13.8. The SMILES string of the molecule is CCOC(=O)COc1c(Br)cc(/C=C2\SC(=Nc3ccccc3)N([C@@H]3CCCC[C@H]3C)C2=O)cc1OCC. The van der Waals surface area contributed by atoms with Gasteiger partial charge in [-0.2, -0.15) is 0 Å². The quantitative estimate of drug-likeness (QED) is 0.228. The number of rotatable bonds is 9. The minimum atomic E-state index is -0.455. The molecule has 1 aliphatic heterocycles. The number of aliphatic imine (C=N–C) groups is 1. The number of hydrogen-bond donors (Lipinski definition) is 0. The average Bonchev–Trinajstić information content (AvgIpc) is 3.18. The molecule has 0 N–H and O–H groups in total. The van der Waals surface area contributed by atoms with Crippen LogP contribution in [0.15, 0.2) is 56.8 Å². The number of halogens is 1. The van der Waals surface area contributed by atoms with Gasteiger partial charge in [-0.3, -0.25) is 9.69 Å². The summed E-state index contributed by atoms with van der Waals surface area (Å²) in [7, 11) is 0. The first-order chi connectivity index (χ1) is 18.4. The summed E-state index contributed by atoms with van der Waals surface area (Å²) in [4.78, 5) is 33.0. The Bertz CT molecular complexity index is 1220. The van der Waals surface area contributed by atoms with Gasteiger partial charge in [0.1, 0.15) is 0 Å². The first-order valence-corrected chi connectivity index (χ1v) is 14.6. The first-order valence-electron chi connectivity index (χ1n) is 13.0. The Morgan fingerprint density at radius 1 is 1.13 bits per heavy atom. The van der Waals surface area contributed by atoms with E-state index in [0.29, 0.717) is 38.6 Å². The number of para-hydroxylation sites is 1. The van der Waals surface area contributed by atoms with Crippen molar-refractivity contribution in [2.24, 2.45) is 10.9 Å². The van der Waals surface area contributed by atoms with Crippen LogP contribution in [0.2, 0.25) is 0 Å². The van der Waals surface area contributed by atoms with Crippen LogP contribution in [0.3, 0.4) is 0 Å². The number of ether oxygens (including phenoxy) is 3. The van der Waals surface area contributed by atoms with Gasteiger partial charge in [0.15, 0.2) is 23.3 Å². The maximum absolute atomic E-state index is 13.8. The number of amides is 1. The molecule has 0 aromatic heterocycles. The highest BCUT2D eigenvalue weighted by Crippen LogP contribution is 2.42. The smallest absolute Gasteiger partial charge is 0.344 e. The molecule has 0 unspecified atom stereocenters. The molecule has 2 fully saturated rings. The third-order valence-corrected chi connectivity index (χ3v) is 8.06. The van der Waals surface area contributed by atoms with E-state index in [1.165, 1.54) is 18.2 Å². The Balaban J connectivity index is 1.67. The predicted octanol–water partition coefficient (Wildman–Crippen LogP) is 6.97. The van der Waals surface area contributed by atoms with Crippen molar-refractivity contribution in [3.05, 3.63) is 57.4 Å². The molecule has 1 amide bonds.